The summed E-state index contributed by atoms with van der Waals surface area (Å²) >= 11 is 0. The van der Waals surface area contributed by atoms with Gasteiger partial charge in [0.15, 0.2) is 0 Å². The van der Waals surface area contributed by atoms with Crippen LogP contribution in [0.1, 0.15) is 16.7 Å². The largest absolute Gasteiger partial charge is 0.382 e. The lowest BCUT2D eigenvalue weighted by Crippen LogP contribution is -1.98. The molecule has 0 aliphatic carbocycles. The zero-order chi connectivity index (χ0) is 12.8. The van der Waals surface area contributed by atoms with E-state index >= 15 is 0 Å². The molecule has 1 nitrogen and oxygen atoms in total. The third-order valence-corrected chi connectivity index (χ3v) is 3.04. The minimum absolute atomic E-state index is 0.845. The van der Waals surface area contributed by atoms with Crippen LogP contribution >= 0.6 is 0 Å². The van der Waals surface area contributed by atoms with Gasteiger partial charge in [-0.1, -0.05) is 48.6 Å². The van der Waals surface area contributed by atoms with Crippen molar-refractivity contribution < 1.29 is 0 Å². The van der Waals surface area contributed by atoms with Crippen molar-refractivity contribution in [3.8, 4) is 0 Å². The lowest BCUT2D eigenvalue weighted by molar-refractivity contribution is 1.29. The Morgan fingerprint density at radius 3 is 2.44 bits per heavy atom. The van der Waals surface area contributed by atoms with Crippen molar-refractivity contribution in [3.63, 3.8) is 0 Å². The summed E-state index contributed by atoms with van der Waals surface area (Å²) in [6.45, 7) is 5.12. The molecule has 0 saturated heterocycles. The van der Waals surface area contributed by atoms with Crippen LogP contribution in [0.15, 0.2) is 54.6 Å². The summed E-state index contributed by atoms with van der Waals surface area (Å²) < 4.78 is 0. The van der Waals surface area contributed by atoms with Crippen LogP contribution in [0.25, 0.3) is 6.08 Å². The molecule has 0 atom stereocenters. The van der Waals surface area contributed by atoms with Crippen LogP contribution in [0.5, 0.6) is 0 Å². The summed E-state index contributed by atoms with van der Waals surface area (Å²) in [4.78, 5) is 0. The first-order chi connectivity index (χ1) is 8.75. The fraction of sp³-hybridized carbons (Fsp3) is 0.176. The van der Waals surface area contributed by atoms with Crippen molar-refractivity contribution in [1.29, 1.82) is 0 Å². The number of anilines is 1. The molecule has 0 aliphatic rings. The van der Waals surface area contributed by atoms with Gasteiger partial charge in [0, 0.05) is 12.2 Å². The molecule has 0 aromatic heterocycles. The number of aryl methyl sites for hydroxylation is 2. The Balaban J connectivity index is 1.89. The van der Waals surface area contributed by atoms with Crippen LogP contribution in [0.3, 0.4) is 0 Å². The SMILES string of the molecule is Cc1ccc(NCC=Cc2ccccc2)cc1C. The Bertz CT molecular complexity index is 527. The predicted molar refractivity (Wildman–Crippen MR) is 79.9 cm³/mol. The summed E-state index contributed by atoms with van der Waals surface area (Å²) in [6, 6.07) is 16.8. The van der Waals surface area contributed by atoms with Gasteiger partial charge >= 0.3 is 0 Å². The van der Waals surface area contributed by atoms with E-state index in [9.17, 15) is 0 Å². The highest BCUT2D eigenvalue weighted by atomic mass is 14.8. The number of rotatable bonds is 4. The minimum atomic E-state index is 0.845. The fourth-order valence-electron chi connectivity index (χ4n) is 1.79. The van der Waals surface area contributed by atoms with Gasteiger partial charge < -0.3 is 5.32 Å². The van der Waals surface area contributed by atoms with E-state index in [1.165, 1.54) is 22.4 Å². The van der Waals surface area contributed by atoms with Gasteiger partial charge in [-0.2, -0.15) is 0 Å². The molecular formula is C17H19N. The second-order valence-electron chi connectivity index (χ2n) is 4.49. The maximum atomic E-state index is 3.40. The van der Waals surface area contributed by atoms with Gasteiger partial charge in [-0.25, -0.2) is 0 Å². The zero-order valence-corrected chi connectivity index (χ0v) is 11.0. The highest BCUT2D eigenvalue weighted by Crippen LogP contribution is 2.13. The Labute approximate surface area is 109 Å². The van der Waals surface area contributed by atoms with Gasteiger partial charge in [0.25, 0.3) is 0 Å². The van der Waals surface area contributed by atoms with Gasteiger partial charge in [-0.15, -0.1) is 0 Å². The second kappa shape index (κ2) is 6.06. The second-order valence-corrected chi connectivity index (χ2v) is 4.49. The van der Waals surface area contributed by atoms with Gasteiger partial charge in [0.2, 0.25) is 0 Å². The predicted octanol–water partition coefficient (Wildman–Crippen LogP) is 4.43. The Morgan fingerprint density at radius 2 is 1.72 bits per heavy atom. The fourth-order valence-corrected chi connectivity index (χ4v) is 1.79. The van der Waals surface area contributed by atoms with Gasteiger partial charge in [0.1, 0.15) is 0 Å². The van der Waals surface area contributed by atoms with E-state index < -0.39 is 0 Å². The third-order valence-electron chi connectivity index (χ3n) is 3.04. The lowest BCUT2D eigenvalue weighted by Gasteiger charge is -2.06. The molecule has 2 aromatic carbocycles. The molecule has 2 aromatic rings. The molecule has 0 spiro atoms. The van der Waals surface area contributed by atoms with Crippen LogP contribution in [-0.2, 0) is 0 Å². The molecule has 0 radical (unpaired) electrons. The highest BCUT2D eigenvalue weighted by molar-refractivity contribution is 5.52. The Morgan fingerprint density at radius 1 is 0.944 bits per heavy atom. The van der Waals surface area contributed by atoms with Crippen LogP contribution in [0.2, 0.25) is 0 Å². The molecular weight excluding hydrogens is 218 g/mol. The summed E-state index contributed by atoms with van der Waals surface area (Å²) in [5.74, 6) is 0. The number of hydrogen-bond donors (Lipinski definition) is 1. The van der Waals surface area contributed by atoms with E-state index in [2.05, 4.69) is 73.8 Å². The average molecular weight is 237 g/mol. The molecule has 0 aliphatic heterocycles. The number of benzene rings is 2. The van der Waals surface area contributed by atoms with Crippen LogP contribution < -0.4 is 5.32 Å². The van der Waals surface area contributed by atoms with Crippen LogP contribution in [-0.4, -0.2) is 6.54 Å². The summed E-state index contributed by atoms with van der Waals surface area (Å²) in [6.07, 6.45) is 4.28. The highest BCUT2D eigenvalue weighted by Gasteiger charge is 1.94. The normalized spacial score (nSPS) is 10.8. The summed E-state index contributed by atoms with van der Waals surface area (Å²) in [5.41, 5.74) is 5.07. The lowest BCUT2D eigenvalue weighted by atomic mass is 10.1. The van der Waals surface area contributed by atoms with Gasteiger partial charge in [-0.05, 0) is 42.7 Å². The molecule has 2 rings (SSSR count). The van der Waals surface area contributed by atoms with Crippen LogP contribution in [0, 0.1) is 13.8 Å². The Hall–Kier alpha value is -2.02. The maximum absolute atomic E-state index is 3.40. The van der Waals surface area contributed by atoms with Gasteiger partial charge in [0.05, 0.1) is 0 Å². The molecule has 0 amide bonds. The van der Waals surface area contributed by atoms with Crippen molar-refractivity contribution in [2.75, 3.05) is 11.9 Å². The summed E-state index contributed by atoms with van der Waals surface area (Å²) in [5, 5.41) is 3.40. The van der Waals surface area contributed by atoms with Crippen molar-refractivity contribution in [2.24, 2.45) is 0 Å². The molecule has 0 saturated carbocycles. The minimum Gasteiger partial charge on any atom is -0.382 e. The number of hydrogen-bond acceptors (Lipinski definition) is 1. The molecule has 1 N–H and O–H groups in total. The standard InChI is InChI=1S/C17H19N/c1-14-10-11-17(13-15(14)2)18-12-6-9-16-7-4-3-5-8-16/h3-11,13,18H,12H2,1-2H3. The smallest absolute Gasteiger partial charge is 0.0345 e. The van der Waals surface area contributed by atoms with E-state index in [0.717, 1.165) is 6.54 Å². The van der Waals surface area contributed by atoms with E-state index in [4.69, 9.17) is 0 Å². The van der Waals surface area contributed by atoms with Crippen molar-refractivity contribution in [1.82, 2.24) is 0 Å². The molecule has 0 bridgehead atoms. The first-order valence-corrected chi connectivity index (χ1v) is 6.28. The van der Waals surface area contributed by atoms with E-state index in [1.807, 2.05) is 6.07 Å². The maximum Gasteiger partial charge on any atom is 0.0345 e. The van der Waals surface area contributed by atoms with Crippen molar-refractivity contribution >= 4 is 11.8 Å². The van der Waals surface area contributed by atoms with Crippen molar-refractivity contribution in [2.45, 2.75) is 13.8 Å². The third kappa shape index (κ3) is 3.49. The average Bonchev–Trinajstić information content (AvgIpc) is 2.40. The quantitative estimate of drug-likeness (QED) is 0.829. The topological polar surface area (TPSA) is 12.0 Å². The zero-order valence-electron chi connectivity index (χ0n) is 11.0. The Kier molecular flexibility index (Phi) is 4.19. The summed E-state index contributed by atoms with van der Waals surface area (Å²) in [7, 11) is 0. The van der Waals surface area contributed by atoms with E-state index in [-0.39, 0.29) is 0 Å². The molecule has 0 unspecified atom stereocenters. The van der Waals surface area contributed by atoms with E-state index in [0.29, 0.717) is 0 Å². The molecule has 18 heavy (non-hydrogen) atoms. The molecule has 1 heteroatoms. The molecule has 0 fully saturated rings. The first-order valence-electron chi connectivity index (χ1n) is 6.28. The van der Waals surface area contributed by atoms with Crippen molar-refractivity contribution in [3.05, 3.63) is 71.3 Å². The molecule has 92 valence electrons. The van der Waals surface area contributed by atoms with Crippen LogP contribution in [0.4, 0.5) is 5.69 Å². The number of nitrogens with one attached hydrogen (secondary N) is 1. The van der Waals surface area contributed by atoms with E-state index in [1.54, 1.807) is 0 Å². The first kappa shape index (κ1) is 12.4. The van der Waals surface area contributed by atoms with Gasteiger partial charge in [-0.3, -0.25) is 0 Å². The molecule has 0 heterocycles. The monoisotopic (exact) mass is 237 g/mol.